The number of carbonyl (C=O) groups is 1. The van der Waals surface area contributed by atoms with E-state index in [9.17, 15) is 10.1 Å². The molecule has 3 heterocycles. The number of allylic oxidation sites excluding steroid dienone is 2. The average molecular weight is 340 g/mol. The molecule has 0 saturated heterocycles. The molecule has 0 aromatic carbocycles. The number of nitrogens with zero attached hydrogens (tertiary/aromatic N) is 2. The van der Waals surface area contributed by atoms with Crippen LogP contribution >= 0.6 is 11.3 Å². The van der Waals surface area contributed by atoms with Gasteiger partial charge in [0.15, 0.2) is 0 Å². The predicted molar refractivity (Wildman–Crippen MR) is 90.7 cm³/mol. The summed E-state index contributed by atoms with van der Waals surface area (Å²) < 4.78 is 12.8. The van der Waals surface area contributed by atoms with Gasteiger partial charge in [0.05, 0.1) is 18.1 Å². The summed E-state index contributed by atoms with van der Waals surface area (Å²) in [7, 11) is 0. The normalized spacial score (nSPS) is 17.5. The lowest BCUT2D eigenvalue weighted by molar-refractivity contribution is -0.139. The van der Waals surface area contributed by atoms with Crippen molar-refractivity contribution in [1.82, 2.24) is 4.57 Å². The van der Waals surface area contributed by atoms with Crippen LogP contribution in [0.2, 0.25) is 0 Å². The Hall–Kier alpha value is -2.78. The lowest BCUT2D eigenvalue weighted by Crippen LogP contribution is -2.23. The van der Waals surface area contributed by atoms with Gasteiger partial charge in [0, 0.05) is 17.3 Å². The highest BCUT2D eigenvalue weighted by molar-refractivity contribution is 7.10. The number of nitriles is 1. The number of rotatable bonds is 4. The summed E-state index contributed by atoms with van der Waals surface area (Å²) in [6.07, 6.45) is 3.61. The maximum absolute atomic E-state index is 12.5. The number of ether oxygens (including phenoxy) is 2. The van der Waals surface area contributed by atoms with E-state index < -0.39 is 11.9 Å². The Kier molecular flexibility index (Phi) is 4.54. The Labute approximate surface area is 144 Å². The molecular weight excluding hydrogens is 324 g/mol. The van der Waals surface area contributed by atoms with Crippen molar-refractivity contribution in [1.29, 1.82) is 5.26 Å². The molecule has 0 bridgehead atoms. The third kappa shape index (κ3) is 2.74. The molecule has 0 amide bonds. The molecule has 0 saturated carbocycles. The van der Waals surface area contributed by atoms with Gasteiger partial charge in [0.25, 0.3) is 0 Å². The second kappa shape index (κ2) is 6.77. The van der Waals surface area contributed by atoms with Gasteiger partial charge in [0.1, 0.15) is 17.4 Å². The molecule has 2 aromatic rings. The number of thiophene rings is 1. The summed E-state index contributed by atoms with van der Waals surface area (Å²) in [6.45, 7) is 3.75. The summed E-state index contributed by atoms with van der Waals surface area (Å²) in [5.74, 6) is -0.0612. The van der Waals surface area contributed by atoms with Gasteiger partial charge < -0.3 is 9.47 Å². The monoisotopic (exact) mass is 340 g/mol. The van der Waals surface area contributed by atoms with Gasteiger partial charge in [-0.1, -0.05) is 6.07 Å². The predicted octanol–water partition coefficient (Wildman–Crippen LogP) is 3.89. The summed E-state index contributed by atoms with van der Waals surface area (Å²) in [4.78, 5) is 13.4. The second-order valence-electron chi connectivity index (χ2n) is 5.16. The van der Waals surface area contributed by atoms with Crippen molar-refractivity contribution in [2.45, 2.75) is 19.8 Å². The van der Waals surface area contributed by atoms with Crippen LogP contribution in [0.5, 0.6) is 0 Å². The molecule has 5 nitrogen and oxygen atoms in total. The first-order chi connectivity index (χ1) is 11.7. The fourth-order valence-electron chi connectivity index (χ4n) is 2.71. The van der Waals surface area contributed by atoms with E-state index in [1.807, 2.05) is 29.6 Å². The van der Waals surface area contributed by atoms with Crippen molar-refractivity contribution < 1.29 is 14.3 Å². The molecule has 1 aliphatic heterocycles. The van der Waals surface area contributed by atoms with E-state index in [4.69, 9.17) is 9.47 Å². The van der Waals surface area contributed by atoms with Crippen LogP contribution in [-0.4, -0.2) is 17.1 Å². The quantitative estimate of drug-likeness (QED) is 0.792. The van der Waals surface area contributed by atoms with Gasteiger partial charge in [0.2, 0.25) is 5.88 Å². The third-order valence-corrected chi connectivity index (χ3v) is 4.66. The first-order valence-corrected chi connectivity index (χ1v) is 8.42. The van der Waals surface area contributed by atoms with Crippen LogP contribution in [-0.2, 0) is 14.3 Å². The molecule has 0 unspecified atom stereocenters. The zero-order valence-electron chi connectivity index (χ0n) is 13.4. The highest BCUT2D eigenvalue weighted by Crippen LogP contribution is 2.43. The Morgan fingerprint density at radius 1 is 1.42 bits per heavy atom. The molecule has 6 heteroatoms. The van der Waals surface area contributed by atoms with Crippen LogP contribution in [0.1, 0.15) is 24.6 Å². The third-order valence-electron chi connectivity index (χ3n) is 3.72. The molecule has 0 radical (unpaired) electrons. The molecule has 0 spiro atoms. The smallest absolute Gasteiger partial charge is 0.338 e. The molecular formula is C18H16N2O3S. The molecule has 3 rings (SSSR count). The molecule has 122 valence electrons. The minimum Gasteiger partial charge on any atom is -0.463 e. The molecule has 0 fully saturated rings. The molecule has 0 N–H and O–H groups in total. The van der Waals surface area contributed by atoms with E-state index in [2.05, 4.69) is 6.07 Å². The first kappa shape index (κ1) is 16.1. The molecule has 1 aliphatic rings. The standard InChI is InChI=1S/C18H16N2O3S/c1-3-22-18(21)15-12(2)23-17(20-8-4-5-9-20)13(11-19)16(15)14-7-6-10-24-14/h4-10,16H,3H2,1-2H3/t16-/m1/s1. The van der Waals surface area contributed by atoms with Crippen LogP contribution in [0.3, 0.4) is 0 Å². The summed E-state index contributed by atoms with van der Waals surface area (Å²) >= 11 is 1.50. The molecule has 24 heavy (non-hydrogen) atoms. The van der Waals surface area contributed by atoms with Crippen molar-refractivity contribution in [3.63, 3.8) is 0 Å². The van der Waals surface area contributed by atoms with Crippen LogP contribution in [0.15, 0.2) is 58.9 Å². The molecule has 1 atom stereocenters. The molecule has 2 aromatic heterocycles. The van der Waals surface area contributed by atoms with Crippen molar-refractivity contribution >= 4 is 23.2 Å². The fourth-order valence-corrected chi connectivity index (χ4v) is 3.55. The van der Waals surface area contributed by atoms with Gasteiger partial charge in [-0.3, -0.25) is 4.57 Å². The Balaban J connectivity index is 2.18. The van der Waals surface area contributed by atoms with Crippen LogP contribution in [0.4, 0.5) is 0 Å². The number of hydrogen-bond donors (Lipinski definition) is 0. The lowest BCUT2D eigenvalue weighted by Gasteiger charge is -2.27. The van der Waals surface area contributed by atoms with Gasteiger partial charge in [-0.05, 0) is 37.4 Å². The van der Waals surface area contributed by atoms with Crippen LogP contribution < -0.4 is 0 Å². The number of esters is 1. The van der Waals surface area contributed by atoms with Crippen LogP contribution in [0, 0.1) is 11.3 Å². The van der Waals surface area contributed by atoms with E-state index in [0.717, 1.165) is 4.88 Å². The highest BCUT2D eigenvalue weighted by Gasteiger charge is 2.37. The van der Waals surface area contributed by atoms with Crippen molar-refractivity contribution in [2.24, 2.45) is 0 Å². The van der Waals surface area contributed by atoms with E-state index in [0.29, 0.717) is 22.8 Å². The minimum atomic E-state index is -0.486. The van der Waals surface area contributed by atoms with Gasteiger partial charge in [-0.2, -0.15) is 5.26 Å². The van der Waals surface area contributed by atoms with E-state index >= 15 is 0 Å². The second-order valence-corrected chi connectivity index (χ2v) is 6.14. The van der Waals surface area contributed by atoms with Crippen molar-refractivity contribution in [3.05, 3.63) is 63.8 Å². The number of aromatic nitrogens is 1. The lowest BCUT2D eigenvalue weighted by atomic mass is 9.87. The van der Waals surface area contributed by atoms with Gasteiger partial charge in [-0.15, -0.1) is 11.3 Å². The van der Waals surface area contributed by atoms with Crippen LogP contribution in [0.25, 0.3) is 5.88 Å². The largest absolute Gasteiger partial charge is 0.463 e. The van der Waals surface area contributed by atoms with Gasteiger partial charge >= 0.3 is 5.97 Å². The zero-order valence-corrected chi connectivity index (χ0v) is 14.2. The fraction of sp³-hybridized carbons (Fsp3) is 0.222. The Morgan fingerprint density at radius 2 is 2.17 bits per heavy atom. The first-order valence-electron chi connectivity index (χ1n) is 7.54. The summed E-state index contributed by atoms with van der Waals surface area (Å²) in [5.41, 5.74) is 0.772. The molecule has 0 aliphatic carbocycles. The van der Waals surface area contributed by atoms with Crippen molar-refractivity contribution in [3.8, 4) is 6.07 Å². The van der Waals surface area contributed by atoms with Crippen molar-refractivity contribution in [2.75, 3.05) is 6.61 Å². The minimum absolute atomic E-state index is 0.267. The topological polar surface area (TPSA) is 64.2 Å². The highest BCUT2D eigenvalue weighted by atomic mass is 32.1. The number of carbonyl (C=O) groups excluding carboxylic acids is 1. The van der Waals surface area contributed by atoms with Gasteiger partial charge in [-0.25, -0.2) is 4.79 Å². The average Bonchev–Trinajstić information content (AvgIpc) is 3.27. The Bertz CT molecular complexity index is 839. The maximum Gasteiger partial charge on any atom is 0.338 e. The maximum atomic E-state index is 12.5. The zero-order chi connectivity index (χ0) is 17.1. The van der Waals surface area contributed by atoms with E-state index in [-0.39, 0.29) is 6.61 Å². The van der Waals surface area contributed by atoms with E-state index in [1.54, 1.807) is 30.8 Å². The summed E-state index contributed by atoms with van der Waals surface area (Å²) in [5, 5.41) is 11.7. The SMILES string of the molecule is CCOC(=O)C1=C(C)OC(n2cccc2)=C(C#N)[C@@H]1c1cccs1. The Morgan fingerprint density at radius 3 is 2.75 bits per heavy atom. The van der Waals surface area contributed by atoms with E-state index in [1.165, 1.54) is 11.3 Å². The summed E-state index contributed by atoms with van der Waals surface area (Å²) in [6, 6.07) is 9.75. The number of hydrogen-bond acceptors (Lipinski definition) is 5.